The zero-order valence-corrected chi connectivity index (χ0v) is 11.1. The summed E-state index contributed by atoms with van der Waals surface area (Å²) in [6.45, 7) is 0.418. The quantitative estimate of drug-likeness (QED) is 0.748. The van der Waals surface area contributed by atoms with Crippen LogP contribution in [0.1, 0.15) is 31.2 Å². The monoisotopic (exact) mass is 304 g/mol. The van der Waals surface area contributed by atoms with Crippen LogP contribution in [0.3, 0.4) is 0 Å². The van der Waals surface area contributed by atoms with E-state index in [-0.39, 0.29) is 5.75 Å². The molecular formula is C13H15BrF2O. The van der Waals surface area contributed by atoms with E-state index in [4.69, 9.17) is 4.74 Å². The number of alkyl halides is 1. The molecule has 0 aromatic heterocycles. The van der Waals surface area contributed by atoms with Gasteiger partial charge in [-0.15, -0.1) is 0 Å². The number of benzene rings is 1. The minimum Gasteiger partial charge on any atom is -0.487 e. The van der Waals surface area contributed by atoms with E-state index in [9.17, 15) is 8.78 Å². The molecule has 0 unspecified atom stereocenters. The van der Waals surface area contributed by atoms with E-state index in [0.717, 1.165) is 12.8 Å². The van der Waals surface area contributed by atoms with Gasteiger partial charge in [-0.1, -0.05) is 28.8 Å². The Balaban J connectivity index is 2.04. The van der Waals surface area contributed by atoms with E-state index in [1.54, 1.807) is 0 Å². The normalized spacial score (nSPS) is 16.4. The van der Waals surface area contributed by atoms with Crippen molar-refractivity contribution in [1.29, 1.82) is 0 Å². The van der Waals surface area contributed by atoms with Crippen LogP contribution in [0.15, 0.2) is 12.1 Å². The molecule has 1 aromatic rings. The molecule has 0 atom stereocenters. The van der Waals surface area contributed by atoms with E-state index in [1.165, 1.54) is 25.0 Å². The van der Waals surface area contributed by atoms with Crippen LogP contribution < -0.4 is 4.74 Å². The second-order valence-electron chi connectivity index (χ2n) is 4.48. The SMILES string of the molecule is Fc1cc(CBr)cc(F)c1OCC1CCCC1. The van der Waals surface area contributed by atoms with Crippen molar-refractivity contribution in [3.63, 3.8) is 0 Å². The van der Waals surface area contributed by atoms with Gasteiger partial charge in [-0.25, -0.2) is 8.78 Å². The minimum absolute atomic E-state index is 0.235. The third kappa shape index (κ3) is 3.18. The third-order valence-corrected chi connectivity index (χ3v) is 3.80. The molecule has 0 radical (unpaired) electrons. The van der Waals surface area contributed by atoms with Crippen molar-refractivity contribution >= 4 is 15.9 Å². The average Bonchev–Trinajstić information content (AvgIpc) is 2.80. The molecule has 1 saturated carbocycles. The largest absolute Gasteiger partial charge is 0.487 e. The van der Waals surface area contributed by atoms with Crippen molar-refractivity contribution in [2.45, 2.75) is 31.0 Å². The van der Waals surface area contributed by atoms with Crippen molar-refractivity contribution < 1.29 is 13.5 Å². The fourth-order valence-electron chi connectivity index (χ4n) is 2.21. The summed E-state index contributed by atoms with van der Waals surface area (Å²) >= 11 is 3.17. The van der Waals surface area contributed by atoms with Gasteiger partial charge < -0.3 is 4.74 Å². The zero-order chi connectivity index (χ0) is 12.3. The van der Waals surface area contributed by atoms with Crippen molar-refractivity contribution in [3.8, 4) is 5.75 Å². The molecular weight excluding hydrogens is 290 g/mol. The molecule has 2 rings (SSSR count). The predicted octanol–water partition coefficient (Wildman–Crippen LogP) is 4.43. The van der Waals surface area contributed by atoms with E-state index in [1.807, 2.05) is 0 Å². The zero-order valence-electron chi connectivity index (χ0n) is 9.52. The molecule has 1 aromatic carbocycles. The highest BCUT2D eigenvalue weighted by atomic mass is 79.9. The smallest absolute Gasteiger partial charge is 0.190 e. The Labute approximate surface area is 108 Å². The molecule has 1 fully saturated rings. The summed E-state index contributed by atoms with van der Waals surface area (Å²) in [7, 11) is 0. The third-order valence-electron chi connectivity index (χ3n) is 3.15. The second-order valence-corrected chi connectivity index (χ2v) is 5.04. The van der Waals surface area contributed by atoms with Crippen molar-refractivity contribution in [1.82, 2.24) is 0 Å². The van der Waals surface area contributed by atoms with Gasteiger partial charge in [-0.3, -0.25) is 0 Å². The highest BCUT2D eigenvalue weighted by Gasteiger charge is 2.18. The van der Waals surface area contributed by atoms with E-state index in [2.05, 4.69) is 15.9 Å². The molecule has 17 heavy (non-hydrogen) atoms. The lowest BCUT2D eigenvalue weighted by molar-refractivity contribution is 0.231. The molecule has 1 nitrogen and oxygen atoms in total. The lowest BCUT2D eigenvalue weighted by atomic mass is 10.1. The van der Waals surface area contributed by atoms with Gasteiger partial charge in [0, 0.05) is 5.33 Å². The maximum atomic E-state index is 13.6. The van der Waals surface area contributed by atoms with E-state index in [0.29, 0.717) is 23.4 Å². The number of rotatable bonds is 4. The summed E-state index contributed by atoms with van der Waals surface area (Å²) in [5.41, 5.74) is 0.577. The Bertz CT molecular complexity index is 366. The van der Waals surface area contributed by atoms with Crippen LogP contribution >= 0.6 is 15.9 Å². The van der Waals surface area contributed by atoms with Crippen molar-refractivity contribution in [3.05, 3.63) is 29.3 Å². The van der Waals surface area contributed by atoms with Crippen LogP contribution in [-0.4, -0.2) is 6.61 Å². The molecule has 0 amide bonds. The van der Waals surface area contributed by atoms with Gasteiger partial charge in [-0.2, -0.15) is 0 Å². The molecule has 94 valence electrons. The topological polar surface area (TPSA) is 9.23 Å². The standard InChI is InChI=1S/C13H15BrF2O/c14-7-10-5-11(15)13(12(16)6-10)17-8-9-3-1-2-4-9/h5-6,9H,1-4,7-8H2. The molecule has 0 N–H and O–H groups in total. The van der Waals surface area contributed by atoms with Gasteiger partial charge in [0.1, 0.15) is 0 Å². The predicted molar refractivity (Wildman–Crippen MR) is 66.4 cm³/mol. The maximum Gasteiger partial charge on any atom is 0.190 e. The number of hydrogen-bond donors (Lipinski definition) is 0. The summed E-state index contributed by atoms with van der Waals surface area (Å²) in [4.78, 5) is 0. The van der Waals surface area contributed by atoms with Crippen molar-refractivity contribution in [2.24, 2.45) is 5.92 Å². The van der Waals surface area contributed by atoms with Gasteiger partial charge >= 0.3 is 0 Å². The fraction of sp³-hybridized carbons (Fsp3) is 0.538. The fourth-order valence-corrected chi connectivity index (χ4v) is 2.53. The Morgan fingerprint density at radius 2 is 1.76 bits per heavy atom. The summed E-state index contributed by atoms with van der Waals surface area (Å²) in [5.74, 6) is -1.01. The van der Waals surface area contributed by atoms with Crippen LogP contribution in [-0.2, 0) is 5.33 Å². The molecule has 1 aliphatic carbocycles. The second kappa shape index (κ2) is 5.80. The van der Waals surface area contributed by atoms with Crippen LogP contribution in [0, 0.1) is 17.6 Å². The van der Waals surface area contributed by atoms with Crippen LogP contribution in [0.25, 0.3) is 0 Å². The highest BCUT2D eigenvalue weighted by Crippen LogP contribution is 2.28. The van der Waals surface area contributed by atoms with Gasteiger partial charge in [-0.05, 0) is 36.5 Å². The molecule has 4 heteroatoms. The summed E-state index contributed by atoms with van der Waals surface area (Å²) in [5, 5.41) is 0.434. The summed E-state index contributed by atoms with van der Waals surface area (Å²) in [6.07, 6.45) is 4.59. The first-order valence-electron chi connectivity index (χ1n) is 5.87. The lowest BCUT2D eigenvalue weighted by Crippen LogP contribution is -2.10. The van der Waals surface area contributed by atoms with Crippen LogP contribution in [0.5, 0.6) is 5.75 Å². The molecule has 0 heterocycles. The molecule has 0 saturated heterocycles. The minimum atomic E-state index is -0.613. The van der Waals surface area contributed by atoms with E-state index >= 15 is 0 Å². The van der Waals surface area contributed by atoms with Gasteiger partial charge in [0.05, 0.1) is 6.61 Å². The van der Waals surface area contributed by atoms with Crippen molar-refractivity contribution in [2.75, 3.05) is 6.61 Å². The van der Waals surface area contributed by atoms with Gasteiger partial charge in [0.25, 0.3) is 0 Å². The Morgan fingerprint density at radius 3 is 2.29 bits per heavy atom. The van der Waals surface area contributed by atoms with Crippen LogP contribution in [0.2, 0.25) is 0 Å². The molecule has 0 bridgehead atoms. The number of hydrogen-bond acceptors (Lipinski definition) is 1. The summed E-state index contributed by atoms with van der Waals surface area (Å²) in [6, 6.07) is 2.61. The number of ether oxygens (including phenoxy) is 1. The Kier molecular flexibility index (Phi) is 4.37. The lowest BCUT2D eigenvalue weighted by Gasteiger charge is -2.13. The Hall–Kier alpha value is -0.640. The molecule has 0 aliphatic heterocycles. The number of halogens is 3. The Morgan fingerprint density at radius 1 is 1.18 bits per heavy atom. The first-order valence-corrected chi connectivity index (χ1v) is 6.99. The molecule has 1 aliphatic rings. The van der Waals surface area contributed by atoms with Gasteiger partial charge in [0.2, 0.25) is 0 Å². The first kappa shape index (κ1) is 12.8. The van der Waals surface area contributed by atoms with Gasteiger partial charge in [0.15, 0.2) is 17.4 Å². The first-order chi connectivity index (χ1) is 8.20. The summed E-state index contributed by atoms with van der Waals surface area (Å²) < 4.78 is 32.5. The molecule has 0 spiro atoms. The van der Waals surface area contributed by atoms with E-state index < -0.39 is 11.6 Å². The average molecular weight is 305 g/mol. The van der Waals surface area contributed by atoms with Crippen LogP contribution in [0.4, 0.5) is 8.78 Å². The highest BCUT2D eigenvalue weighted by molar-refractivity contribution is 9.08. The maximum absolute atomic E-state index is 13.6.